The van der Waals surface area contributed by atoms with E-state index in [0.29, 0.717) is 34.1 Å². The van der Waals surface area contributed by atoms with Crippen molar-refractivity contribution in [2.45, 2.75) is 51.1 Å². The van der Waals surface area contributed by atoms with E-state index in [1.165, 1.54) is 24.1 Å². The second kappa shape index (κ2) is 13.3. The fourth-order valence-electron chi connectivity index (χ4n) is 4.34. The smallest absolute Gasteiger partial charge is 0.264 e. The number of sulfonamides is 1. The topological polar surface area (TPSA) is 86.8 Å². The fourth-order valence-corrected chi connectivity index (χ4v) is 6.31. The van der Waals surface area contributed by atoms with Crippen molar-refractivity contribution in [1.29, 1.82) is 0 Å². The lowest BCUT2D eigenvalue weighted by molar-refractivity contribution is -0.140. The normalized spacial score (nSPS) is 12.1. The standard InChI is InChI=1S/C29H33Cl2N3O4S/c1-5-21-10-7-8-13-27(21)34(39(37,38)22-16-14-20(3)15-17-22)19-28(35)33(26(6-2)29(36)32-4)18-23-24(30)11-9-12-25(23)31/h7-17,26H,5-6,18-19H2,1-4H3,(H,32,36)/t26-/m0/s1. The molecule has 7 nitrogen and oxygen atoms in total. The van der Waals surface area contributed by atoms with Gasteiger partial charge in [-0.05, 0) is 55.7 Å². The first-order valence-electron chi connectivity index (χ1n) is 12.7. The minimum atomic E-state index is -4.15. The highest BCUT2D eigenvalue weighted by Crippen LogP contribution is 2.30. The number of hydrogen-bond acceptors (Lipinski definition) is 4. The Bertz CT molecular complexity index is 1410. The number of para-hydroxylation sites is 1. The lowest BCUT2D eigenvalue weighted by Crippen LogP contribution is -2.52. The maximum absolute atomic E-state index is 14.1. The van der Waals surface area contributed by atoms with Crippen molar-refractivity contribution in [3.63, 3.8) is 0 Å². The molecule has 1 N–H and O–H groups in total. The molecule has 0 unspecified atom stereocenters. The van der Waals surface area contributed by atoms with Gasteiger partial charge in [0.15, 0.2) is 0 Å². The molecule has 39 heavy (non-hydrogen) atoms. The fraction of sp³-hybridized carbons (Fsp3) is 0.310. The largest absolute Gasteiger partial charge is 0.357 e. The van der Waals surface area contributed by atoms with Crippen molar-refractivity contribution in [2.24, 2.45) is 0 Å². The Labute approximate surface area is 240 Å². The van der Waals surface area contributed by atoms with Gasteiger partial charge in [-0.2, -0.15) is 0 Å². The van der Waals surface area contributed by atoms with Gasteiger partial charge < -0.3 is 10.2 Å². The third kappa shape index (κ3) is 6.93. The number of nitrogens with zero attached hydrogens (tertiary/aromatic N) is 2. The van der Waals surface area contributed by atoms with Crippen LogP contribution in [0.3, 0.4) is 0 Å². The molecule has 0 fully saturated rings. The number of likely N-dealkylation sites (N-methyl/N-ethyl adjacent to an activating group) is 1. The second-order valence-corrected chi connectivity index (χ2v) is 11.7. The summed E-state index contributed by atoms with van der Waals surface area (Å²) in [5, 5.41) is 3.28. The highest BCUT2D eigenvalue weighted by Gasteiger charge is 2.34. The van der Waals surface area contributed by atoms with Gasteiger partial charge in [-0.25, -0.2) is 8.42 Å². The zero-order chi connectivity index (χ0) is 28.7. The minimum Gasteiger partial charge on any atom is -0.357 e. The number of amides is 2. The van der Waals surface area contributed by atoms with Gasteiger partial charge in [-0.15, -0.1) is 0 Å². The van der Waals surface area contributed by atoms with Gasteiger partial charge in [0, 0.05) is 29.2 Å². The van der Waals surface area contributed by atoms with Crippen molar-refractivity contribution >= 4 is 50.7 Å². The maximum atomic E-state index is 14.1. The molecule has 0 aliphatic rings. The highest BCUT2D eigenvalue weighted by molar-refractivity contribution is 7.92. The molecule has 0 spiro atoms. The van der Waals surface area contributed by atoms with Gasteiger partial charge in [0.1, 0.15) is 12.6 Å². The zero-order valence-electron chi connectivity index (χ0n) is 22.4. The monoisotopic (exact) mass is 589 g/mol. The number of rotatable bonds is 11. The molecule has 208 valence electrons. The molecule has 2 amide bonds. The number of aryl methyl sites for hydroxylation is 2. The van der Waals surface area contributed by atoms with E-state index in [2.05, 4.69) is 5.32 Å². The number of nitrogens with one attached hydrogen (secondary N) is 1. The van der Waals surface area contributed by atoms with Crippen LogP contribution in [-0.2, 0) is 32.6 Å². The summed E-state index contributed by atoms with van der Waals surface area (Å²) in [4.78, 5) is 28.3. The zero-order valence-corrected chi connectivity index (χ0v) is 24.8. The Morgan fingerprint density at radius 2 is 1.54 bits per heavy atom. The molecule has 0 aliphatic carbocycles. The first-order valence-corrected chi connectivity index (χ1v) is 14.9. The molecule has 10 heteroatoms. The van der Waals surface area contributed by atoms with Gasteiger partial charge in [-0.3, -0.25) is 13.9 Å². The summed E-state index contributed by atoms with van der Waals surface area (Å²) >= 11 is 12.8. The Morgan fingerprint density at radius 1 is 0.923 bits per heavy atom. The molecule has 0 bridgehead atoms. The number of carbonyl (C=O) groups is 2. The van der Waals surface area contributed by atoms with E-state index < -0.39 is 28.5 Å². The van der Waals surface area contributed by atoms with Crippen LogP contribution in [0.25, 0.3) is 0 Å². The van der Waals surface area contributed by atoms with E-state index in [0.717, 1.165) is 15.4 Å². The van der Waals surface area contributed by atoms with Crippen molar-refractivity contribution < 1.29 is 18.0 Å². The predicted molar refractivity (Wildman–Crippen MR) is 157 cm³/mol. The molecule has 0 aromatic heterocycles. The summed E-state index contributed by atoms with van der Waals surface area (Å²) in [6.45, 7) is 4.97. The van der Waals surface area contributed by atoms with Crippen LogP contribution in [0.15, 0.2) is 71.6 Å². The number of hydrogen-bond donors (Lipinski definition) is 1. The molecule has 0 saturated carbocycles. The highest BCUT2D eigenvalue weighted by atomic mass is 35.5. The summed E-state index contributed by atoms with van der Waals surface area (Å²) in [5.41, 5.74) is 2.54. The minimum absolute atomic E-state index is 0.0610. The van der Waals surface area contributed by atoms with E-state index in [4.69, 9.17) is 23.2 Å². The number of carbonyl (C=O) groups excluding carboxylic acids is 2. The number of anilines is 1. The average molecular weight is 591 g/mol. The lowest BCUT2D eigenvalue weighted by Gasteiger charge is -2.33. The quantitative estimate of drug-likeness (QED) is 0.315. The molecule has 0 heterocycles. The summed E-state index contributed by atoms with van der Waals surface area (Å²) < 4.78 is 29.1. The first-order chi connectivity index (χ1) is 18.5. The number of benzene rings is 3. The lowest BCUT2D eigenvalue weighted by atomic mass is 10.1. The van der Waals surface area contributed by atoms with Gasteiger partial charge in [0.2, 0.25) is 11.8 Å². The molecule has 0 aliphatic heterocycles. The van der Waals surface area contributed by atoms with Gasteiger partial charge in [0.25, 0.3) is 10.0 Å². The van der Waals surface area contributed by atoms with Crippen LogP contribution in [0.4, 0.5) is 5.69 Å². The average Bonchev–Trinajstić information content (AvgIpc) is 2.92. The van der Waals surface area contributed by atoms with E-state index in [9.17, 15) is 18.0 Å². The summed E-state index contributed by atoms with van der Waals surface area (Å²) in [6, 6.07) is 17.7. The number of halogens is 2. The van der Waals surface area contributed by atoms with Crippen molar-refractivity contribution in [3.05, 3.63) is 93.5 Å². The van der Waals surface area contributed by atoms with Crippen LogP contribution in [0.5, 0.6) is 0 Å². The van der Waals surface area contributed by atoms with E-state index in [1.807, 2.05) is 26.0 Å². The van der Waals surface area contributed by atoms with Crippen LogP contribution >= 0.6 is 23.2 Å². The van der Waals surface area contributed by atoms with E-state index in [1.54, 1.807) is 49.4 Å². The molecule has 0 saturated heterocycles. The van der Waals surface area contributed by atoms with Crippen LogP contribution in [0.1, 0.15) is 37.0 Å². The summed E-state index contributed by atoms with van der Waals surface area (Å²) in [6.07, 6.45) is 0.850. The Hall–Kier alpha value is -3.07. The molecule has 1 atom stereocenters. The Balaban J connectivity index is 2.13. The SMILES string of the molecule is CCc1ccccc1N(CC(=O)N(Cc1c(Cl)cccc1Cl)[C@@H](CC)C(=O)NC)S(=O)(=O)c1ccc(C)cc1. The first kappa shape index (κ1) is 30.5. The van der Waals surface area contributed by atoms with Gasteiger partial charge in [-0.1, -0.05) is 79.0 Å². The molecule has 3 aromatic carbocycles. The van der Waals surface area contributed by atoms with Crippen LogP contribution in [0.2, 0.25) is 10.0 Å². The van der Waals surface area contributed by atoms with Crippen LogP contribution < -0.4 is 9.62 Å². The van der Waals surface area contributed by atoms with Crippen molar-refractivity contribution in [1.82, 2.24) is 10.2 Å². The molecule has 3 rings (SSSR count). The van der Waals surface area contributed by atoms with Crippen molar-refractivity contribution in [3.8, 4) is 0 Å². The second-order valence-electron chi connectivity index (χ2n) is 9.07. The van der Waals surface area contributed by atoms with Crippen LogP contribution in [0, 0.1) is 6.92 Å². The maximum Gasteiger partial charge on any atom is 0.264 e. The summed E-state index contributed by atoms with van der Waals surface area (Å²) in [7, 11) is -2.66. The molecule has 3 aromatic rings. The van der Waals surface area contributed by atoms with Gasteiger partial charge >= 0.3 is 0 Å². The Morgan fingerprint density at radius 3 is 2.10 bits per heavy atom. The molecule has 0 radical (unpaired) electrons. The van der Waals surface area contributed by atoms with E-state index >= 15 is 0 Å². The van der Waals surface area contributed by atoms with Crippen LogP contribution in [-0.4, -0.2) is 44.8 Å². The third-order valence-corrected chi connectivity index (χ3v) is 9.03. The van der Waals surface area contributed by atoms with Crippen molar-refractivity contribution in [2.75, 3.05) is 17.9 Å². The summed E-state index contributed by atoms with van der Waals surface area (Å²) in [5.74, 6) is -0.945. The van der Waals surface area contributed by atoms with Gasteiger partial charge in [0.05, 0.1) is 10.6 Å². The molecular formula is C29H33Cl2N3O4S. The van der Waals surface area contributed by atoms with E-state index in [-0.39, 0.29) is 17.3 Å². The third-order valence-electron chi connectivity index (χ3n) is 6.55. The Kier molecular flexibility index (Phi) is 10.4. The predicted octanol–water partition coefficient (Wildman–Crippen LogP) is 5.61. The molecular weight excluding hydrogens is 557 g/mol.